The molecule has 1 N–H and O–H groups in total. The molecule has 0 fully saturated rings. The second kappa shape index (κ2) is 7.56. The molecule has 1 rings (SSSR count). The van der Waals surface area contributed by atoms with Crippen molar-refractivity contribution in [1.82, 2.24) is 5.32 Å². The number of rotatable bonds is 7. The molecule has 0 atom stereocenters. The van der Waals surface area contributed by atoms with Crippen LogP contribution in [0.25, 0.3) is 0 Å². The van der Waals surface area contributed by atoms with E-state index in [1.165, 1.54) is 0 Å². The summed E-state index contributed by atoms with van der Waals surface area (Å²) in [5, 5.41) is 2.50. The van der Waals surface area contributed by atoms with Crippen LogP contribution in [0.1, 0.15) is 19.8 Å². The van der Waals surface area contributed by atoms with Crippen LogP contribution in [0.5, 0.6) is 5.75 Å². The maximum Gasteiger partial charge on any atom is 0.265 e. The summed E-state index contributed by atoms with van der Waals surface area (Å²) in [6.07, 6.45) is 1.64. The van der Waals surface area contributed by atoms with E-state index in [0.717, 1.165) is 12.8 Å². The van der Waals surface area contributed by atoms with Crippen molar-refractivity contribution in [3.05, 3.63) is 23.8 Å². The number of ether oxygens (including phenoxy) is 1. The van der Waals surface area contributed by atoms with Crippen molar-refractivity contribution in [3.8, 4) is 5.75 Å². The second-order valence-electron chi connectivity index (χ2n) is 4.14. The summed E-state index contributed by atoms with van der Waals surface area (Å²) in [6.45, 7) is 1.76. The average molecular weight is 342 g/mol. The monoisotopic (exact) mass is 341 g/mol. The first kappa shape index (κ1) is 17.6. The lowest BCUT2D eigenvalue weighted by Gasteiger charge is -2.11. The Bertz CT molecular complexity index is 622. The van der Waals surface area contributed by atoms with Gasteiger partial charge in [-0.25, -0.2) is 17.2 Å². The zero-order valence-electron chi connectivity index (χ0n) is 11.2. The van der Waals surface area contributed by atoms with Gasteiger partial charge in [0.25, 0.3) is 15.0 Å². The van der Waals surface area contributed by atoms with Crippen LogP contribution in [0, 0.1) is 11.6 Å². The molecular formula is C12H14ClF2NO4S. The summed E-state index contributed by atoms with van der Waals surface area (Å²) < 4.78 is 54.0. The molecule has 0 aromatic heterocycles. The van der Waals surface area contributed by atoms with Gasteiger partial charge in [-0.1, -0.05) is 13.3 Å². The number of halogens is 3. The highest BCUT2D eigenvalue weighted by Crippen LogP contribution is 2.30. The van der Waals surface area contributed by atoms with Crippen molar-refractivity contribution in [2.75, 3.05) is 13.2 Å². The van der Waals surface area contributed by atoms with E-state index in [-0.39, 0.29) is 0 Å². The highest BCUT2D eigenvalue weighted by molar-refractivity contribution is 8.13. The molecule has 1 aromatic carbocycles. The minimum Gasteiger partial charge on any atom is -0.479 e. The maximum atomic E-state index is 13.6. The normalized spacial score (nSPS) is 11.2. The first-order chi connectivity index (χ1) is 9.75. The molecule has 9 heteroatoms. The van der Waals surface area contributed by atoms with E-state index < -0.39 is 43.8 Å². The van der Waals surface area contributed by atoms with E-state index in [2.05, 4.69) is 5.32 Å². The third-order valence-corrected chi connectivity index (χ3v) is 3.76. The van der Waals surface area contributed by atoms with Gasteiger partial charge in [0.05, 0.1) is 0 Å². The van der Waals surface area contributed by atoms with Crippen LogP contribution in [-0.4, -0.2) is 27.5 Å². The van der Waals surface area contributed by atoms with Gasteiger partial charge >= 0.3 is 0 Å². The number of carbonyl (C=O) groups is 1. The molecule has 0 aliphatic carbocycles. The van der Waals surface area contributed by atoms with Gasteiger partial charge in [-0.2, -0.15) is 0 Å². The molecule has 0 saturated carbocycles. The predicted molar refractivity (Wildman–Crippen MR) is 72.8 cm³/mol. The van der Waals surface area contributed by atoms with Gasteiger partial charge in [0, 0.05) is 23.3 Å². The van der Waals surface area contributed by atoms with Crippen LogP contribution in [0.3, 0.4) is 0 Å². The molecule has 0 aliphatic heterocycles. The Hall–Kier alpha value is -1.41. The Kier molecular flexibility index (Phi) is 6.35. The van der Waals surface area contributed by atoms with Crippen molar-refractivity contribution in [2.45, 2.75) is 24.7 Å². The Labute approximate surface area is 125 Å². The fraction of sp³-hybridized carbons (Fsp3) is 0.417. The number of hydrogen-bond acceptors (Lipinski definition) is 4. The first-order valence-electron chi connectivity index (χ1n) is 6.09. The van der Waals surface area contributed by atoms with Crippen molar-refractivity contribution in [1.29, 1.82) is 0 Å². The summed E-state index contributed by atoms with van der Waals surface area (Å²) >= 11 is 0. The molecular weight excluding hydrogens is 328 g/mol. The number of amides is 1. The predicted octanol–water partition coefficient (Wildman–Crippen LogP) is 2.19. The molecule has 21 heavy (non-hydrogen) atoms. The van der Waals surface area contributed by atoms with Gasteiger partial charge in [-0.3, -0.25) is 4.79 Å². The molecule has 0 radical (unpaired) electrons. The summed E-state index contributed by atoms with van der Waals surface area (Å²) in [4.78, 5) is 10.6. The van der Waals surface area contributed by atoms with E-state index in [4.69, 9.17) is 15.4 Å². The minimum absolute atomic E-state index is 0.422. The van der Waals surface area contributed by atoms with E-state index in [1.54, 1.807) is 0 Å². The number of benzene rings is 1. The van der Waals surface area contributed by atoms with Crippen LogP contribution in [0.15, 0.2) is 17.0 Å². The molecule has 5 nitrogen and oxygen atoms in total. The zero-order chi connectivity index (χ0) is 16.0. The van der Waals surface area contributed by atoms with E-state index in [9.17, 15) is 22.0 Å². The lowest BCUT2D eigenvalue weighted by molar-refractivity contribution is -0.123. The number of unbranched alkanes of at least 4 members (excludes halogenated alkanes) is 1. The van der Waals surface area contributed by atoms with Crippen molar-refractivity contribution < 1.29 is 26.7 Å². The van der Waals surface area contributed by atoms with Crippen LogP contribution in [0.4, 0.5) is 8.78 Å². The fourth-order valence-electron chi connectivity index (χ4n) is 1.45. The Morgan fingerprint density at radius 1 is 1.38 bits per heavy atom. The zero-order valence-corrected chi connectivity index (χ0v) is 12.7. The van der Waals surface area contributed by atoms with Crippen LogP contribution < -0.4 is 10.1 Å². The molecule has 0 aliphatic rings. The molecule has 0 bridgehead atoms. The van der Waals surface area contributed by atoms with E-state index >= 15 is 0 Å². The van der Waals surface area contributed by atoms with Gasteiger partial charge in [0.1, 0.15) is 10.7 Å². The molecule has 0 saturated heterocycles. The third kappa shape index (κ3) is 5.47. The largest absolute Gasteiger partial charge is 0.479 e. The van der Waals surface area contributed by atoms with Crippen molar-refractivity contribution in [3.63, 3.8) is 0 Å². The lowest BCUT2D eigenvalue weighted by atomic mass is 10.3. The minimum atomic E-state index is -4.41. The summed E-state index contributed by atoms with van der Waals surface area (Å²) in [5.41, 5.74) is 0. The van der Waals surface area contributed by atoms with Gasteiger partial charge in [-0.05, 0) is 12.5 Å². The molecule has 0 unspecified atom stereocenters. The summed E-state index contributed by atoms with van der Waals surface area (Å²) in [5.74, 6) is -3.70. The van der Waals surface area contributed by atoms with E-state index in [0.29, 0.717) is 18.7 Å². The van der Waals surface area contributed by atoms with Gasteiger partial charge < -0.3 is 10.1 Å². The fourth-order valence-corrected chi connectivity index (χ4v) is 2.43. The number of carbonyl (C=O) groups excluding carboxylic acids is 1. The van der Waals surface area contributed by atoms with Gasteiger partial charge in [0.15, 0.2) is 18.2 Å². The SMILES string of the molecule is CCCCNC(=O)COc1c(F)cc(F)cc1S(=O)(=O)Cl. The van der Waals surface area contributed by atoms with Gasteiger partial charge in [-0.15, -0.1) is 0 Å². The first-order valence-corrected chi connectivity index (χ1v) is 8.39. The summed E-state index contributed by atoms with van der Waals surface area (Å²) in [7, 11) is 0.672. The highest BCUT2D eigenvalue weighted by Gasteiger charge is 2.23. The standard InChI is InChI=1S/C12H14ClF2NO4S/c1-2-3-4-16-11(17)7-20-12-9(15)5-8(14)6-10(12)21(13,18)19/h5-6H,2-4,7H2,1H3,(H,16,17). The molecule has 118 valence electrons. The number of nitrogens with one attached hydrogen (secondary N) is 1. The maximum absolute atomic E-state index is 13.6. The highest BCUT2D eigenvalue weighted by atomic mass is 35.7. The van der Waals surface area contributed by atoms with Crippen LogP contribution >= 0.6 is 10.7 Å². The van der Waals surface area contributed by atoms with E-state index in [1.807, 2.05) is 6.92 Å². The van der Waals surface area contributed by atoms with Crippen molar-refractivity contribution in [2.24, 2.45) is 0 Å². The Balaban J connectivity index is 2.86. The Morgan fingerprint density at radius 3 is 2.62 bits per heavy atom. The molecule has 1 aromatic rings. The average Bonchev–Trinajstić information content (AvgIpc) is 2.36. The molecule has 0 heterocycles. The van der Waals surface area contributed by atoms with Crippen LogP contribution in [-0.2, 0) is 13.8 Å². The van der Waals surface area contributed by atoms with Crippen molar-refractivity contribution >= 4 is 25.6 Å². The van der Waals surface area contributed by atoms with Gasteiger partial charge in [0.2, 0.25) is 0 Å². The molecule has 1 amide bonds. The molecule has 0 spiro atoms. The topological polar surface area (TPSA) is 72.5 Å². The Morgan fingerprint density at radius 2 is 2.05 bits per heavy atom. The third-order valence-electron chi connectivity index (χ3n) is 2.44. The smallest absolute Gasteiger partial charge is 0.265 e. The lowest BCUT2D eigenvalue weighted by Crippen LogP contribution is -2.30. The van der Waals surface area contributed by atoms with Crippen LogP contribution in [0.2, 0.25) is 0 Å². The number of hydrogen-bond donors (Lipinski definition) is 1. The second-order valence-corrected chi connectivity index (χ2v) is 6.68. The quantitative estimate of drug-likeness (QED) is 0.609. The summed E-state index contributed by atoms with van der Waals surface area (Å²) in [6, 6.07) is 0.964.